The maximum Gasteiger partial charge on any atom is 0.387 e. The Morgan fingerprint density at radius 3 is 2.38 bits per heavy atom. The molecule has 0 heterocycles. The summed E-state index contributed by atoms with van der Waals surface area (Å²) in [6.07, 6.45) is 0.937. The number of amides is 1. The third-order valence-electron chi connectivity index (χ3n) is 3.55. The van der Waals surface area contributed by atoms with Crippen LogP contribution in [-0.2, 0) is 6.42 Å². The van der Waals surface area contributed by atoms with E-state index in [9.17, 15) is 13.6 Å². The Bertz CT molecular complexity index is 697. The number of nitrogens with one attached hydrogen (secondary N) is 1. The number of alkyl halides is 2. The molecule has 1 amide bonds. The van der Waals surface area contributed by atoms with Crippen molar-refractivity contribution in [2.24, 2.45) is 5.92 Å². The van der Waals surface area contributed by atoms with Gasteiger partial charge in [-0.15, -0.1) is 0 Å². The predicted molar refractivity (Wildman–Crippen MR) is 90.7 cm³/mol. The standard InChI is InChI=1S/C19H21F2NO2/c1-12(2)11-14-7-9-15(10-8-14)18(23)22-17-13(3)5-4-6-16(17)24-19(20)21/h4-10,12,19H,11H2,1-3H3,(H,22,23). The first-order chi connectivity index (χ1) is 11.4. The fraction of sp³-hybridized carbons (Fsp3) is 0.316. The number of hydrogen-bond acceptors (Lipinski definition) is 2. The van der Waals surface area contributed by atoms with Gasteiger partial charge in [0, 0.05) is 5.56 Å². The molecule has 0 atom stereocenters. The van der Waals surface area contributed by atoms with Gasteiger partial charge in [-0.1, -0.05) is 38.1 Å². The van der Waals surface area contributed by atoms with E-state index in [1.807, 2.05) is 12.1 Å². The molecule has 24 heavy (non-hydrogen) atoms. The molecule has 0 unspecified atom stereocenters. The molecule has 5 heteroatoms. The second kappa shape index (κ2) is 7.90. The number of carbonyl (C=O) groups is 1. The molecule has 2 aromatic rings. The lowest BCUT2D eigenvalue weighted by Crippen LogP contribution is -2.15. The van der Waals surface area contributed by atoms with Crippen LogP contribution in [0.3, 0.4) is 0 Å². The van der Waals surface area contributed by atoms with Crippen molar-refractivity contribution in [3.8, 4) is 5.75 Å². The molecule has 0 aromatic heterocycles. The van der Waals surface area contributed by atoms with Gasteiger partial charge in [0.1, 0.15) is 5.75 Å². The zero-order valence-corrected chi connectivity index (χ0v) is 14.0. The number of carbonyl (C=O) groups excluding carboxylic acids is 1. The highest BCUT2D eigenvalue weighted by Crippen LogP contribution is 2.30. The van der Waals surface area contributed by atoms with Crippen LogP contribution in [0.15, 0.2) is 42.5 Å². The van der Waals surface area contributed by atoms with Crippen molar-refractivity contribution in [2.45, 2.75) is 33.8 Å². The molecular weight excluding hydrogens is 312 g/mol. The van der Waals surface area contributed by atoms with Gasteiger partial charge in [0.15, 0.2) is 0 Å². The number of halogens is 2. The highest BCUT2D eigenvalue weighted by molar-refractivity contribution is 6.05. The summed E-state index contributed by atoms with van der Waals surface area (Å²) in [5, 5.41) is 2.66. The zero-order valence-electron chi connectivity index (χ0n) is 14.0. The minimum absolute atomic E-state index is 0.0465. The van der Waals surface area contributed by atoms with Crippen LogP contribution < -0.4 is 10.1 Å². The van der Waals surface area contributed by atoms with Gasteiger partial charge in [0.2, 0.25) is 0 Å². The molecule has 0 aliphatic carbocycles. The minimum Gasteiger partial charge on any atom is -0.433 e. The number of anilines is 1. The largest absolute Gasteiger partial charge is 0.433 e. The molecule has 0 bridgehead atoms. The first kappa shape index (κ1) is 17.9. The van der Waals surface area contributed by atoms with Gasteiger partial charge in [-0.3, -0.25) is 4.79 Å². The fourth-order valence-corrected chi connectivity index (χ4v) is 2.44. The predicted octanol–water partition coefficient (Wildman–Crippen LogP) is 5.05. The second-order valence-corrected chi connectivity index (χ2v) is 6.08. The molecule has 0 saturated carbocycles. The van der Waals surface area contributed by atoms with E-state index in [-0.39, 0.29) is 17.3 Å². The number of rotatable bonds is 6. The Labute approximate surface area is 140 Å². The number of aryl methyl sites for hydroxylation is 1. The summed E-state index contributed by atoms with van der Waals surface area (Å²) in [5.74, 6) is 0.125. The topological polar surface area (TPSA) is 38.3 Å². The minimum atomic E-state index is -2.95. The van der Waals surface area contributed by atoms with Crippen LogP contribution in [0, 0.1) is 12.8 Å². The summed E-state index contributed by atoms with van der Waals surface area (Å²) < 4.78 is 29.5. The van der Waals surface area contributed by atoms with Crippen LogP contribution >= 0.6 is 0 Å². The number of ether oxygens (including phenoxy) is 1. The maximum absolute atomic E-state index is 12.5. The number of para-hydroxylation sites is 1. The van der Waals surface area contributed by atoms with Gasteiger partial charge >= 0.3 is 6.61 Å². The van der Waals surface area contributed by atoms with E-state index in [0.717, 1.165) is 12.0 Å². The van der Waals surface area contributed by atoms with E-state index in [2.05, 4.69) is 23.9 Å². The van der Waals surface area contributed by atoms with E-state index in [1.165, 1.54) is 6.07 Å². The van der Waals surface area contributed by atoms with Crippen LogP contribution in [0.5, 0.6) is 5.75 Å². The van der Waals surface area contributed by atoms with E-state index >= 15 is 0 Å². The van der Waals surface area contributed by atoms with E-state index in [1.54, 1.807) is 31.2 Å². The third kappa shape index (κ3) is 4.78. The molecule has 0 fully saturated rings. The summed E-state index contributed by atoms with van der Waals surface area (Å²) in [6.45, 7) is 3.03. The SMILES string of the molecule is Cc1cccc(OC(F)F)c1NC(=O)c1ccc(CC(C)C)cc1. The fourth-order valence-electron chi connectivity index (χ4n) is 2.44. The van der Waals surface area contributed by atoms with Crippen LogP contribution in [-0.4, -0.2) is 12.5 Å². The lowest BCUT2D eigenvalue weighted by Gasteiger charge is -2.14. The molecule has 0 aliphatic heterocycles. The molecule has 128 valence electrons. The zero-order chi connectivity index (χ0) is 17.7. The number of benzene rings is 2. The van der Waals surface area contributed by atoms with E-state index in [0.29, 0.717) is 17.0 Å². The first-order valence-corrected chi connectivity index (χ1v) is 7.81. The Hall–Kier alpha value is -2.43. The molecule has 0 spiro atoms. The van der Waals surface area contributed by atoms with Crippen LogP contribution in [0.25, 0.3) is 0 Å². The Morgan fingerprint density at radius 2 is 1.79 bits per heavy atom. The van der Waals surface area contributed by atoms with Crippen molar-refractivity contribution in [2.75, 3.05) is 5.32 Å². The Balaban J connectivity index is 2.17. The van der Waals surface area contributed by atoms with E-state index < -0.39 is 6.61 Å². The van der Waals surface area contributed by atoms with Crippen molar-refractivity contribution in [1.82, 2.24) is 0 Å². The maximum atomic E-state index is 12.5. The van der Waals surface area contributed by atoms with Gasteiger partial charge < -0.3 is 10.1 Å². The van der Waals surface area contributed by atoms with Crippen LogP contribution in [0.2, 0.25) is 0 Å². The first-order valence-electron chi connectivity index (χ1n) is 7.81. The van der Waals surface area contributed by atoms with Crippen molar-refractivity contribution < 1.29 is 18.3 Å². The Kier molecular flexibility index (Phi) is 5.90. The molecule has 2 aromatic carbocycles. The van der Waals surface area contributed by atoms with Crippen molar-refractivity contribution in [1.29, 1.82) is 0 Å². The normalized spacial score (nSPS) is 11.0. The van der Waals surface area contributed by atoms with Crippen molar-refractivity contribution in [3.63, 3.8) is 0 Å². The third-order valence-corrected chi connectivity index (χ3v) is 3.55. The molecule has 2 rings (SSSR count). The van der Waals surface area contributed by atoms with Gasteiger partial charge in [-0.05, 0) is 48.6 Å². The summed E-state index contributed by atoms with van der Waals surface area (Å²) in [6, 6.07) is 12.0. The van der Waals surface area contributed by atoms with Crippen molar-refractivity contribution >= 4 is 11.6 Å². The molecule has 0 saturated heterocycles. The molecule has 1 N–H and O–H groups in total. The van der Waals surface area contributed by atoms with Crippen LogP contribution in [0.1, 0.15) is 35.3 Å². The van der Waals surface area contributed by atoms with Gasteiger partial charge in [-0.2, -0.15) is 8.78 Å². The van der Waals surface area contributed by atoms with Gasteiger partial charge in [0.05, 0.1) is 5.69 Å². The molecular formula is C19H21F2NO2. The lowest BCUT2D eigenvalue weighted by atomic mass is 10.0. The molecule has 3 nitrogen and oxygen atoms in total. The summed E-state index contributed by atoms with van der Waals surface area (Å²) in [5.41, 5.74) is 2.53. The van der Waals surface area contributed by atoms with Gasteiger partial charge in [0.25, 0.3) is 5.91 Å². The summed E-state index contributed by atoms with van der Waals surface area (Å²) in [7, 11) is 0. The number of hydrogen-bond donors (Lipinski definition) is 1. The average molecular weight is 333 g/mol. The highest BCUT2D eigenvalue weighted by Gasteiger charge is 2.15. The summed E-state index contributed by atoms with van der Waals surface area (Å²) in [4.78, 5) is 12.4. The molecule has 0 radical (unpaired) electrons. The summed E-state index contributed by atoms with van der Waals surface area (Å²) >= 11 is 0. The van der Waals surface area contributed by atoms with Crippen LogP contribution in [0.4, 0.5) is 14.5 Å². The average Bonchev–Trinajstić information content (AvgIpc) is 2.50. The smallest absolute Gasteiger partial charge is 0.387 e. The Morgan fingerprint density at radius 1 is 1.12 bits per heavy atom. The van der Waals surface area contributed by atoms with E-state index in [4.69, 9.17) is 0 Å². The van der Waals surface area contributed by atoms with Gasteiger partial charge in [-0.25, -0.2) is 0 Å². The molecule has 0 aliphatic rings. The van der Waals surface area contributed by atoms with Crippen molar-refractivity contribution in [3.05, 3.63) is 59.2 Å². The highest BCUT2D eigenvalue weighted by atomic mass is 19.3. The second-order valence-electron chi connectivity index (χ2n) is 6.08. The quantitative estimate of drug-likeness (QED) is 0.803. The monoisotopic (exact) mass is 333 g/mol. The lowest BCUT2D eigenvalue weighted by molar-refractivity contribution is -0.0493.